The summed E-state index contributed by atoms with van der Waals surface area (Å²) in [4.78, 5) is 1.41. The van der Waals surface area contributed by atoms with Gasteiger partial charge in [-0.2, -0.15) is 0 Å². The summed E-state index contributed by atoms with van der Waals surface area (Å²) in [6.45, 7) is 3.38. The first-order valence-electron chi connectivity index (χ1n) is 8.66. The summed E-state index contributed by atoms with van der Waals surface area (Å²) < 4.78 is 0. The average molecular weight is 324 g/mol. The van der Waals surface area contributed by atoms with Gasteiger partial charge < -0.3 is 5.32 Å². The van der Waals surface area contributed by atoms with E-state index in [1.54, 1.807) is 0 Å². The molecular formula is C18H26ClNS. The quantitative estimate of drug-likeness (QED) is 0.737. The van der Waals surface area contributed by atoms with Crippen molar-refractivity contribution < 1.29 is 0 Å². The highest BCUT2D eigenvalue weighted by molar-refractivity contribution is 7.10. The molecule has 4 fully saturated rings. The lowest BCUT2D eigenvalue weighted by Gasteiger charge is -2.59. The van der Waals surface area contributed by atoms with E-state index in [-0.39, 0.29) is 0 Å². The summed E-state index contributed by atoms with van der Waals surface area (Å²) in [5, 5.41) is 7.05. The van der Waals surface area contributed by atoms with Crippen molar-refractivity contribution in [1.82, 2.24) is 5.32 Å². The predicted octanol–water partition coefficient (Wildman–Crippen LogP) is 5.66. The standard InChI is InChI=1S/C18H26ClNS/c1-2-4-20-17(16-15(19)3-5-21-16)18-9-12-6-13(10-18)8-14(7-12)11-18/h3,5,12-14,17,20H,2,4,6-11H2,1H3. The molecule has 1 aromatic rings. The maximum Gasteiger partial charge on any atom is 0.0561 e. The van der Waals surface area contributed by atoms with Gasteiger partial charge in [-0.3, -0.25) is 0 Å². The largest absolute Gasteiger partial charge is 0.309 e. The van der Waals surface area contributed by atoms with Crippen LogP contribution in [0.25, 0.3) is 0 Å². The van der Waals surface area contributed by atoms with Crippen molar-refractivity contribution in [3.63, 3.8) is 0 Å². The highest BCUT2D eigenvalue weighted by atomic mass is 35.5. The molecule has 0 saturated heterocycles. The van der Waals surface area contributed by atoms with Gasteiger partial charge >= 0.3 is 0 Å². The second kappa shape index (κ2) is 5.54. The molecule has 4 saturated carbocycles. The van der Waals surface area contributed by atoms with Crippen LogP contribution in [-0.4, -0.2) is 6.54 Å². The SMILES string of the molecule is CCCNC(c1sccc1Cl)C12CC3CC(CC(C3)C1)C2. The summed E-state index contributed by atoms with van der Waals surface area (Å²) in [5.41, 5.74) is 0.498. The van der Waals surface area contributed by atoms with E-state index >= 15 is 0 Å². The molecule has 1 nitrogen and oxygen atoms in total. The molecule has 0 radical (unpaired) electrons. The van der Waals surface area contributed by atoms with Crippen molar-refractivity contribution in [3.05, 3.63) is 21.3 Å². The smallest absolute Gasteiger partial charge is 0.0561 e. The van der Waals surface area contributed by atoms with Crippen molar-refractivity contribution in [2.45, 2.75) is 57.9 Å². The molecule has 0 amide bonds. The Morgan fingerprint density at radius 2 is 1.86 bits per heavy atom. The lowest BCUT2D eigenvalue weighted by Crippen LogP contribution is -2.51. The molecule has 1 atom stereocenters. The molecule has 1 aromatic heterocycles. The summed E-state index contributed by atoms with van der Waals surface area (Å²) in [6.07, 6.45) is 10.1. The van der Waals surface area contributed by atoms with Gasteiger partial charge in [0.2, 0.25) is 0 Å². The summed E-state index contributed by atoms with van der Waals surface area (Å²) in [5.74, 6) is 3.00. The molecule has 4 aliphatic carbocycles. The highest BCUT2D eigenvalue weighted by Crippen LogP contribution is 2.64. The van der Waals surface area contributed by atoms with E-state index < -0.39 is 0 Å². The molecule has 21 heavy (non-hydrogen) atoms. The Hall–Kier alpha value is -0.0500. The number of nitrogens with one attached hydrogen (secondary N) is 1. The first-order valence-corrected chi connectivity index (χ1v) is 9.92. The first kappa shape index (κ1) is 14.5. The fourth-order valence-corrected chi connectivity index (χ4v) is 7.30. The minimum Gasteiger partial charge on any atom is -0.309 e. The Morgan fingerprint density at radius 3 is 2.33 bits per heavy atom. The van der Waals surface area contributed by atoms with Gasteiger partial charge in [0.1, 0.15) is 0 Å². The second-order valence-electron chi connectivity index (χ2n) is 7.80. The van der Waals surface area contributed by atoms with Gasteiger partial charge in [0.15, 0.2) is 0 Å². The molecule has 1 N–H and O–H groups in total. The van der Waals surface area contributed by atoms with Gasteiger partial charge in [-0.15, -0.1) is 11.3 Å². The maximum atomic E-state index is 6.52. The lowest BCUT2D eigenvalue weighted by molar-refractivity contribution is -0.0741. The van der Waals surface area contributed by atoms with Crippen LogP contribution in [0.2, 0.25) is 5.02 Å². The molecule has 4 bridgehead atoms. The van der Waals surface area contributed by atoms with Gasteiger partial charge in [0, 0.05) is 10.9 Å². The van der Waals surface area contributed by atoms with Gasteiger partial charge in [-0.1, -0.05) is 18.5 Å². The molecular weight excluding hydrogens is 298 g/mol. The molecule has 4 aliphatic rings. The minimum atomic E-state index is 0.498. The van der Waals surface area contributed by atoms with Crippen molar-refractivity contribution in [2.75, 3.05) is 6.54 Å². The number of halogens is 1. The van der Waals surface area contributed by atoms with E-state index in [9.17, 15) is 0 Å². The van der Waals surface area contributed by atoms with Crippen LogP contribution < -0.4 is 5.32 Å². The van der Waals surface area contributed by atoms with Crippen LogP contribution in [0.1, 0.15) is 62.8 Å². The molecule has 0 aliphatic heterocycles. The van der Waals surface area contributed by atoms with E-state index in [0.717, 1.165) is 29.3 Å². The third-order valence-corrected chi connectivity index (χ3v) is 7.63. The minimum absolute atomic E-state index is 0.498. The second-order valence-corrected chi connectivity index (χ2v) is 9.15. The maximum absolute atomic E-state index is 6.52. The molecule has 3 heteroatoms. The summed E-state index contributed by atoms with van der Waals surface area (Å²) in [6, 6.07) is 2.58. The Bertz CT molecular complexity index is 474. The van der Waals surface area contributed by atoms with Crippen molar-refractivity contribution in [3.8, 4) is 0 Å². The fourth-order valence-electron chi connectivity index (χ4n) is 5.92. The van der Waals surface area contributed by atoms with E-state index in [4.69, 9.17) is 11.6 Å². The van der Waals surface area contributed by atoms with E-state index in [1.165, 1.54) is 49.8 Å². The van der Waals surface area contributed by atoms with Crippen LogP contribution in [0, 0.1) is 23.2 Å². The molecule has 116 valence electrons. The van der Waals surface area contributed by atoms with Crippen LogP contribution >= 0.6 is 22.9 Å². The third kappa shape index (κ3) is 2.48. The molecule has 0 aromatic carbocycles. The number of rotatable bonds is 5. The third-order valence-electron chi connectivity index (χ3n) is 6.20. The van der Waals surface area contributed by atoms with E-state index in [0.29, 0.717) is 11.5 Å². The van der Waals surface area contributed by atoms with Crippen molar-refractivity contribution in [2.24, 2.45) is 23.2 Å². The summed E-state index contributed by atoms with van der Waals surface area (Å²) in [7, 11) is 0. The normalized spacial score (nSPS) is 38.9. The van der Waals surface area contributed by atoms with Crippen molar-refractivity contribution >= 4 is 22.9 Å². The van der Waals surface area contributed by atoms with Gasteiger partial charge in [0.05, 0.1) is 5.02 Å². The van der Waals surface area contributed by atoms with Crippen molar-refractivity contribution in [1.29, 1.82) is 0 Å². The zero-order chi connectivity index (χ0) is 14.4. The molecule has 5 rings (SSSR count). The predicted molar refractivity (Wildman–Crippen MR) is 91.0 cm³/mol. The van der Waals surface area contributed by atoms with Gasteiger partial charge in [-0.05, 0) is 86.1 Å². The first-order chi connectivity index (χ1) is 10.2. The van der Waals surface area contributed by atoms with Gasteiger partial charge in [-0.25, -0.2) is 0 Å². The van der Waals surface area contributed by atoms with Crippen LogP contribution in [0.15, 0.2) is 11.4 Å². The zero-order valence-electron chi connectivity index (χ0n) is 12.9. The van der Waals surface area contributed by atoms with Crippen LogP contribution in [0.4, 0.5) is 0 Å². The van der Waals surface area contributed by atoms with Gasteiger partial charge in [0.25, 0.3) is 0 Å². The molecule has 1 heterocycles. The Labute approximate surface area is 137 Å². The molecule has 1 unspecified atom stereocenters. The van der Waals surface area contributed by atoms with Crippen LogP contribution in [0.3, 0.4) is 0 Å². The number of thiophene rings is 1. The Balaban J connectivity index is 1.68. The average Bonchev–Trinajstić information content (AvgIpc) is 2.84. The lowest BCUT2D eigenvalue weighted by atomic mass is 9.47. The monoisotopic (exact) mass is 323 g/mol. The fraction of sp³-hybridized carbons (Fsp3) is 0.778. The van der Waals surface area contributed by atoms with Crippen LogP contribution in [-0.2, 0) is 0 Å². The summed E-state index contributed by atoms with van der Waals surface area (Å²) >= 11 is 8.39. The highest BCUT2D eigenvalue weighted by Gasteiger charge is 2.54. The number of hydrogen-bond acceptors (Lipinski definition) is 2. The van der Waals surface area contributed by atoms with E-state index in [2.05, 4.69) is 23.7 Å². The van der Waals surface area contributed by atoms with Crippen LogP contribution in [0.5, 0.6) is 0 Å². The Kier molecular flexibility index (Phi) is 3.84. The van der Waals surface area contributed by atoms with E-state index in [1.807, 2.05) is 11.3 Å². The Morgan fingerprint density at radius 1 is 1.24 bits per heavy atom. The zero-order valence-corrected chi connectivity index (χ0v) is 14.5. The molecule has 0 spiro atoms. The topological polar surface area (TPSA) is 12.0 Å². The number of hydrogen-bond donors (Lipinski definition) is 1.